The van der Waals surface area contributed by atoms with Crippen molar-refractivity contribution in [1.82, 2.24) is 5.32 Å². The molecule has 8 nitrogen and oxygen atoms in total. The number of methoxy groups -OCH3 is 2. The highest BCUT2D eigenvalue weighted by molar-refractivity contribution is 7.92. The number of rotatable bonds is 9. The van der Waals surface area contributed by atoms with E-state index in [1.807, 2.05) is 24.3 Å². The van der Waals surface area contributed by atoms with Crippen LogP contribution in [-0.4, -0.2) is 41.6 Å². The fourth-order valence-electron chi connectivity index (χ4n) is 3.15. The molecule has 0 radical (unpaired) electrons. The van der Waals surface area contributed by atoms with Gasteiger partial charge in [-0.2, -0.15) is 0 Å². The number of carbonyl (C=O) groups is 1. The number of anilines is 2. The molecule has 3 aromatic carbocycles. The van der Waals surface area contributed by atoms with Crippen molar-refractivity contribution in [2.75, 3.05) is 31.3 Å². The maximum Gasteiger partial charge on any atom is 0.263 e. The van der Waals surface area contributed by atoms with Gasteiger partial charge in [0.05, 0.1) is 31.0 Å². The smallest absolute Gasteiger partial charge is 0.263 e. The van der Waals surface area contributed by atoms with E-state index >= 15 is 0 Å². The van der Waals surface area contributed by atoms with E-state index in [4.69, 9.17) is 21.1 Å². The molecule has 0 heterocycles. The average Bonchev–Trinajstić information content (AvgIpc) is 2.83. The zero-order valence-electron chi connectivity index (χ0n) is 19.2. The highest BCUT2D eigenvalue weighted by atomic mass is 35.5. The van der Waals surface area contributed by atoms with Gasteiger partial charge in [-0.15, -0.1) is 0 Å². The molecule has 0 unspecified atom stereocenters. The first-order valence-electron chi connectivity index (χ1n) is 10.3. The topological polar surface area (TPSA) is 106 Å². The Bertz CT molecular complexity index is 1300. The van der Waals surface area contributed by atoms with E-state index in [9.17, 15) is 13.2 Å². The predicted octanol–water partition coefficient (Wildman–Crippen LogP) is 4.37. The molecule has 3 rings (SSSR count). The molecule has 3 N–H and O–H groups in total. The van der Waals surface area contributed by atoms with Gasteiger partial charge in [0.25, 0.3) is 10.0 Å². The molecular formula is C24H26ClN3O5S. The third kappa shape index (κ3) is 5.80. The third-order valence-electron chi connectivity index (χ3n) is 5.16. The molecule has 0 aliphatic carbocycles. The van der Waals surface area contributed by atoms with Crippen molar-refractivity contribution in [3.05, 3.63) is 65.7 Å². The fraction of sp³-hybridized carbons (Fsp3) is 0.208. The summed E-state index contributed by atoms with van der Waals surface area (Å²) in [5.74, 6) is 0.695. The van der Waals surface area contributed by atoms with Crippen molar-refractivity contribution >= 4 is 38.9 Å². The first-order chi connectivity index (χ1) is 16.2. The van der Waals surface area contributed by atoms with Crippen LogP contribution in [0.2, 0.25) is 5.02 Å². The number of nitrogens with one attached hydrogen (secondary N) is 3. The van der Waals surface area contributed by atoms with Gasteiger partial charge in [-0.1, -0.05) is 29.8 Å². The van der Waals surface area contributed by atoms with Crippen LogP contribution in [0.3, 0.4) is 0 Å². The zero-order chi connectivity index (χ0) is 24.9. The zero-order valence-corrected chi connectivity index (χ0v) is 20.8. The molecule has 0 aliphatic heterocycles. The highest BCUT2D eigenvalue weighted by Gasteiger charge is 2.21. The van der Waals surface area contributed by atoms with Gasteiger partial charge in [0, 0.05) is 5.69 Å². The summed E-state index contributed by atoms with van der Waals surface area (Å²) in [6.45, 7) is 1.71. The van der Waals surface area contributed by atoms with Crippen LogP contribution >= 0.6 is 11.6 Å². The minimum atomic E-state index is -4.07. The number of halogens is 1. The SMILES string of the molecule is CN[C@@H](C)C(=O)Nc1ccc(OC)c(NS(=O)(=O)c2ccc(-c3cccc(OC)c3)cc2Cl)c1. The van der Waals surface area contributed by atoms with Crippen LogP contribution < -0.4 is 24.8 Å². The van der Waals surface area contributed by atoms with Gasteiger partial charge in [0.1, 0.15) is 16.4 Å². The van der Waals surface area contributed by atoms with Crippen LogP contribution in [0.15, 0.2) is 65.6 Å². The number of carbonyl (C=O) groups excluding carboxylic acids is 1. The molecule has 1 amide bonds. The average molecular weight is 504 g/mol. The lowest BCUT2D eigenvalue weighted by Crippen LogP contribution is -2.35. The molecule has 0 aromatic heterocycles. The van der Waals surface area contributed by atoms with Crippen LogP contribution in [0.5, 0.6) is 11.5 Å². The standard InChI is InChI=1S/C24H26ClN3O5S/c1-15(26-2)24(29)27-18-9-10-22(33-4)21(14-18)28-34(30,31)23-11-8-17(13-20(23)25)16-6-5-7-19(12-16)32-3/h5-15,26,28H,1-4H3,(H,27,29)/t15-/m0/s1. The number of hydrogen-bond acceptors (Lipinski definition) is 6. The molecule has 10 heteroatoms. The fourth-order valence-corrected chi connectivity index (χ4v) is 4.75. The van der Waals surface area contributed by atoms with E-state index in [0.29, 0.717) is 11.4 Å². The van der Waals surface area contributed by atoms with Crippen molar-refractivity contribution in [3.8, 4) is 22.6 Å². The van der Waals surface area contributed by atoms with E-state index in [1.165, 1.54) is 19.2 Å². The summed E-state index contributed by atoms with van der Waals surface area (Å²) in [6.07, 6.45) is 0. The molecule has 1 atom stereocenters. The first-order valence-corrected chi connectivity index (χ1v) is 12.2. The number of amides is 1. The second kappa shape index (κ2) is 10.8. The predicted molar refractivity (Wildman–Crippen MR) is 134 cm³/mol. The van der Waals surface area contributed by atoms with Crippen LogP contribution in [-0.2, 0) is 14.8 Å². The van der Waals surface area contributed by atoms with Crippen LogP contribution in [0.4, 0.5) is 11.4 Å². The van der Waals surface area contributed by atoms with Crippen molar-refractivity contribution in [2.45, 2.75) is 17.9 Å². The lowest BCUT2D eigenvalue weighted by Gasteiger charge is -2.16. The Morgan fingerprint density at radius 1 is 0.971 bits per heavy atom. The summed E-state index contributed by atoms with van der Waals surface area (Å²) < 4.78 is 39.4. The summed E-state index contributed by atoms with van der Waals surface area (Å²) >= 11 is 6.38. The lowest BCUT2D eigenvalue weighted by molar-refractivity contribution is -0.117. The molecule has 0 fully saturated rings. The van der Waals surface area contributed by atoms with Crippen molar-refractivity contribution in [1.29, 1.82) is 0 Å². The summed E-state index contributed by atoms with van der Waals surface area (Å²) in [5.41, 5.74) is 2.14. The van der Waals surface area contributed by atoms with Gasteiger partial charge in [-0.25, -0.2) is 8.42 Å². The quantitative estimate of drug-likeness (QED) is 0.400. The number of benzene rings is 3. The Labute approximate surface area is 204 Å². The number of hydrogen-bond donors (Lipinski definition) is 3. The Morgan fingerprint density at radius 2 is 1.71 bits per heavy atom. The largest absolute Gasteiger partial charge is 0.497 e. The highest BCUT2D eigenvalue weighted by Crippen LogP contribution is 2.34. The van der Waals surface area contributed by atoms with Crippen molar-refractivity contribution < 1.29 is 22.7 Å². The Hall–Kier alpha value is -3.27. The molecule has 180 valence electrons. The van der Waals surface area contributed by atoms with Gasteiger partial charge in [-0.3, -0.25) is 9.52 Å². The van der Waals surface area contributed by atoms with E-state index in [0.717, 1.165) is 11.1 Å². The lowest BCUT2D eigenvalue weighted by atomic mass is 10.1. The second-order valence-corrected chi connectivity index (χ2v) is 9.46. The van der Waals surface area contributed by atoms with Gasteiger partial charge in [0.2, 0.25) is 5.91 Å². The van der Waals surface area contributed by atoms with Crippen LogP contribution in [0.1, 0.15) is 6.92 Å². The third-order valence-corrected chi connectivity index (χ3v) is 7.01. The molecule has 3 aromatic rings. The summed E-state index contributed by atoms with van der Waals surface area (Å²) in [4.78, 5) is 12.1. The number of sulfonamides is 1. The first kappa shape index (κ1) is 25.4. The Morgan fingerprint density at radius 3 is 2.35 bits per heavy atom. The van der Waals surface area contributed by atoms with Gasteiger partial charge < -0.3 is 20.1 Å². The molecule has 0 bridgehead atoms. The molecule has 0 saturated heterocycles. The summed E-state index contributed by atoms with van der Waals surface area (Å²) in [6, 6.07) is 16.3. The Kier molecular flexibility index (Phi) is 8.03. The molecule has 0 saturated carbocycles. The van der Waals surface area contributed by atoms with Crippen molar-refractivity contribution in [2.24, 2.45) is 0 Å². The van der Waals surface area contributed by atoms with E-state index in [2.05, 4.69) is 15.4 Å². The minimum absolute atomic E-state index is 0.0547. The van der Waals surface area contributed by atoms with Crippen molar-refractivity contribution in [3.63, 3.8) is 0 Å². The summed E-state index contributed by atoms with van der Waals surface area (Å²) in [5, 5.41) is 5.62. The number of ether oxygens (including phenoxy) is 2. The number of likely N-dealkylation sites (N-methyl/N-ethyl adjacent to an activating group) is 1. The van der Waals surface area contributed by atoms with Gasteiger partial charge in [0.15, 0.2) is 0 Å². The monoisotopic (exact) mass is 503 g/mol. The molecule has 0 spiro atoms. The van der Waals surface area contributed by atoms with Crippen LogP contribution in [0.25, 0.3) is 11.1 Å². The minimum Gasteiger partial charge on any atom is -0.497 e. The maximum absolute atomic E-state index is 13.2. The van der Waals surface area contributed by atoms with Gasteiger partial charge >= 0.3 is 0 Å². The second-order valence-electron chi connectivity index (χ2n) is 7.40. The normalized spacial score (nSPS) is 12.0. The van der Waals surface area contributed by atoms with E-state index in [-0.39, 0.29) is 27.3 Å². The van der Waals surface area contributed by atoms with Crippen LogP contribution in [0, 0.1) is 0 Å². The molecular weight excluding hydrogens is 478 g/mol. The summed E-state index contributed by atoms with van der Waals surface area (Å²) in [7, 11) is 0.595. The maximum atomic E-state index is 13.2. The van der Waals surface area contributed by atoms with E-state index < -0.39 is 16.1 Å². The van der Waals surface area contributed by atoms with E-state index in [1.54, 1.807) is 45.3 Å². The molecule has 0 aliphatic rings. The molecule has 34 heavy (non-hydrogen) atoms. The van der Waals surface area contributed by atoms with Gasteiger partial charge in [-0.05, 0) is 67.6 Å². The Balaban J connectivity index is 1.90.